The van der Waals surface area contributed by atoms with E-state index in [4.69, 9.17) is 4.74 Å². The molecule has 1 aromatic rings. The van der Waals surface area contributed by atoms with Crippen molar-refractivity contribution in [3.05, 3.63) is 23.9 Å². The largest absolute Gasteiger partial charge is 0.474 e. The van der Waals surface area contributed by atoms with Gasteiger partial charge in [0.1, 0.15) is 11.7 Å². The van der Waals surface area contributed by atoms with Gasteiger partial charge in [0, 0.05) is 6.20 Å². The number of pyridine rings is 1. The maximum atomic E-state index is 12.7. The van der Waals surface area contributed by atoms with Gasteiger partial charge in [0.15, 0.2) is 0 Å². The SMILES string of the molecule is FC(F)(F)c1cccnc1OC1CCCCC1. The van der Waals surface area contributed by atoms with Crippen LogP contribution in [0.5, 0.6) is 5.88 Å². The summed E-state index contributed by atoms with van der Waals surface area (Å²) in [6, 6.07) is 2.28. The van der Waals surface area contributed by atoms with E-state index in [9.17, 15) is 13.2 Å². The number of alkyl halides is 3. The molecule has 0 N–H and O–H groups in total. The van der Waals surface area contributed by atoms with Crippen LogP contribution in [0.25, 0.3) is 0 Å². The van der Waals surface area contributed by atoms with Crippen LogP contribution in [0.1, 0.15) is 37.7 Å². The molecule has 0 unspecified atom stereocenters. The summed E-state index contributed by atoms with van der Waals surface area (Å²) in [5, 5.41) is 0. The van der Waals surface area contributed by atoms with Gasteiger partial charge >= 0.3 is 6.18 Å². The smallest absolute Gasteiger partial charge is 0.421 e. The first-order valence-electron chi connectivity index (χ1n) is 5.76. The summed E-state index contributed by atoms with van der Waals surface area (Å²) in [5.41, 5.74) is -0.787. The fourth-order valence-corrected chi connectivity index (χ4v) is 2.04. The van der Waals surface area contributed by atoms with E-state index in [-0.39, 0.29) is 12.0 Å². The van der Waals surface area contributed by atoms with E-state index in [1.54, 1.807) is 0 Å². The van der Waals surface area contributed by atoms with E-state index in [2.05, 4.69) is 4.98 Å². The Balaban J connectivity index is 2.14. The van der Waals surface area contributed by atoms with Gasteiger partial charge in [-0.2, -0.15) is 13.2 Å². The highest BCUT2D eigenvalue weighted by molar-refractivity contribution is 5.28. The molecule has 0 spiro atoms. The molecule has 1 aliphatic carbocycles. The third kappa shape index (κ3) is 3.11. The van der Waals surface area contributed by atoms with E-state index >= 15 is 0 Å². The molecule has 1 aliphatic rings. The molecule has 17 heavy (non-hydrogen) atoms. The second-order valence-electron chi connectivity index (χ2n) is 4.23. The van der Waals surface area contributed by atoms with Crippen molar-refractivity contribution in [1.29, 1.82) is 0 Å². The van der Waals surface area contributed by atoms with Crippen LogP contribution in [0.3, 0.4) is 0 Å². The summed E-state index contributed by atoms with van der Waals surface area (Å²) in [6.07, 6.45) is 1.58. The van der Waals surface area contributed by atoms with Gasteiger partial charge in [0.05, 0.1) is 0 Å². The fourth-order valence-electron chi connectivity index (χ4n) is 2.04. The lowest BCUT2D eigenvalue weighted by molar-refractivity contribution is -0.139. The van der Waals surface area contributed by atoms with Gasteiger partial charge in [0.2, 0.25) is 5.88 Å². The Morgan fingerprint density at radius 3 is 2.53 bits per heavy atom. The number of ether oxygens (including phenoxy) is 1. The predicted octanol–water partition coefficient (Wildman–Crippen LogP) is 3.81. The Kier molecular flexibility index (Phi) is 3.54. The molecule has 1 fully saturated rings. The summed E-state index contributed by atoms with van der Waals surface area (Å²) in [5.74, 6) is -0.285. The van der Waals surface area contributed by atoms with E-state index in [0.29, 0.717) is 0 Å². The number of hydrogen-bond donors (Lipinski definition) is 0. The van der Waals surface area contributed by atoms with Crippen molar-refractivity contribution in [2.45, 2.75) is 44.4 Å². The van der Waals surface area contributed by atoms with Crippen molar-refractivity contribution in [3.63, 3.8) is 0 Å². The number of halogens is 3. The number of rotatable bonds is 2. The highest BCUT2D eigenvalue weighted by Gasteiger charge is 2.35. The molecular formula is C12H14F3NO. The molecular weight excluding hydrogens is 231 g/mol. The lowest BCUT2D eigenvalue weighted by Crippen LogP contribution is -2.22. The molecule has 94 valence electrons. The second-order valence-corrected chi connectivity index (χ2v) is 4.23. The average molecular weight is 245 g/mol. The van der Waals surface area contributed by atoms with Gasteiger partial charge in [-0.15, -0.1) is 0 Å². The Labute approximate surface area is 97.8 Å². The quantitative estimate of drug-likeness (QED) is 0.790. The zero-order valence-electron chi connectivity index (χ0n) is 9.33. The number of nitrogens with zero attached hydrogens (tertiary/aromatic N) is 1. The minimum atomic E-state index is -4.40. The highest BCUT2D eigenvalue weighted by atomic mass is 19.4. The number of hydrogen-bond acceptors (Lipinski definition) is 2. The second kappa shape index (κ2) is 4.94. The molecule has 0 aliphatic heterocycles. The van der Waals surface area contributed by atoms with Crippen LogP contribution in [-0.4, -0.2) is 11.1 Å². The maximum Gasteiger partial charge on any atom is 0.421 e. The molecule has 1 heterocycles. The van der Waals surface area contributed by atoms with Crippen LogP contribution in [-0.2, 0) is 6.18 Å². The zero-order valence-corrected chi connectivity index (χ0v) is 9.33. The lowest BCUT2D eigenvalue weighted by Gasteiger charge is -2.23. The van der Waals surface area contributed by atoms with Crippen LogP contribution in [0.4, 0.5) is 13.2 Å². The first-order chi connectivity index (χ1) is 8.07. The monoisotopic (exact) mass is 245 g/mol. The molecule has 0 amide bonds. The van der Waals surface area contributed by atoms with Crippen molar-refractivity contribution in [2.75, 3.05) is 0 Å². The van der Waals surface area contributed by atoms with Gasteiger partial charge in [-0.1, -0.05) is 6.42 Å². The van der Waals surface area contributed by atoms with Crippen molar-refractivity contribution in [1.82, 2.24) is 4.98 Å². The molecule has 0 saturated heterocycles. The topological polar surface area (TPSA) is 22.1 Å². The summed E-state index contributed by atoms with van der Waals surface area (Å²) in [6.45, 7) is 0. The minimum absolute atomic E-state index is 0.125. The molecule has 5 heteroatoms. The van der Waals surface area contributed by atoms with Gasteiger partial charge in [-0.25, -0.2) is 4.98 Å². The average Bonchev–Trinajstić information content (AvgIpc) is 2.30. The van der Waals surface area contributed by atoms with Crippen LogP contribution >= 0.6 is 0 Å². The molecule has 1 saturated carbocycles. The normalized spacial score (nSPS) is 18.1. The van der Waals surface area contributed by atoms with Crippen LogP contribution in [0.2, 0.25) is 0 Å². The maximum absolute atomic E-state index is 12.7. The van der Waals surface area contributed by atoms with Gasteiger partial charge in [-0.3, -0.25) is 0 Å². The summed E-state index contributed by atoms with van der Waals surface area (Å²) < 4.78 is 43.4. The molecule has 1 aromatic heterocycles. The minimum Gasteiger partial charge on any atom is -0.474 e. The first kappa shape index (κ1) is 12.2. The van der Waals surface area contributed by atoms with Crippen LogP contribution < -0.4 is 4.74 Å². The van der Waals surface area contributed by atoms with Crippen LogP contribution in [0.15, 0.2) is 18.3 Å². The Bertz CT molecular complexity index is 372. The predicted molar refractivity (Wildman–Crippen MR) is 56.7 cm³/mol. The summed E-state index contributed by atoms with van der Waals surface area (Å²) >= 11 is 0. The third-order valence-electron chi connectivity index (χ3n) is 2.91. The number of aromatic nitrogens is 1. The summed E-state index contributed by atoms with van der Waals surface area (Å²) in [4.78, 5) is 3.70. The first-order valence-corrected chi connectivity index (χ1v) is 5.76. The molecule has 0 atom stereocenters. The van der Waals surface area contributed by atoms with Crippen molar-refractivity contribution in [2.24, 2.45) is 0 Å². The van der Waals surface area contributed by atoms with Gasteiger partial charge in [-0.05, 0) is 37.8 Å². The van der Waals surface area contributed by atoms with Crippen LogP contribution in [0, 0.1) is 0 Å². The van der Waals surface area contributed by atoms with Crippen molar-refractivity contribution < 1.29 is 17.9 Å². The van der Waals surface area contributed by atoms with Crippen molar-refractivity contribution in [3.8, 4) is 5.88 Å². The van der Waals surface area contributed by atoms with Gasteiger partial charge in [0.25, 0.3) is 0 Å². The fraction of sp³-hybridized carbons (Fsp3) is 0.583. The van der Waals surface area contributed by atoms with E-state index in [1.165, 1.54) is 12.3 Å². The van der Waals surface area contributed by atoms with Crippen molar-refractivity contribution >= 4 is 0 Å². The molecule has 0 aromatic carbocycles. The molecule has 2 rings (SSSR count). The highest BCUT2D eigenvalue weighted by Crippen LogP contribution is 2.35. The van der Waals surface area contributed by atoms with Gasteiger partial charge < -0.3 is 4.74 Å². The Hall–Kier alpha value is -1.26. The molecule has 0 radical (unpaired) electrons. The van der Waals surface area contributed by atoms with E-state index < -0.39 is 11.7 Å². The Morgan fingerprint density at radius 1 is 1.18 bits per heavy atom. The standard InChI is InChI=1S/C12H14F3NO/c13-12(14,15)10-7-4-8-16-11(10)17-9-5-2-1-3-6-9/h4,7-9H,1-3,5-6H2. The molecule has 2 nitrogen and oxygen atoms in total. The van der Waals surface area contributed by atoms with E-state index in [0.717, 1.165) is 38.2 Å². The molecule has 0 bridgehead atoms. The third-order valence-corrected chi connectivity index (χ3v) is 2.91. The lowest BCUT2D eigenvalue weighted by atomic mass is 9.98. The summed E-state index contributed by atoms with van der Waals surface area (Å²) in [7, 11) is 0. The Morgan fingerprint density at radius 2 is 1.88 bits per heavy atom. The van der Waals surface area contributed by atoms with E-state index in [1.807, 2.05) is 0 Å². The zero-order chi connectivity index (χ0) is 12.3.